The highest BCUT2D eigenvalue weighted by Gasteiger charge is 2.21. The normalized spacial score (nSPS) is 16.9. The van der Waals surface area contributed by atoms with E-state index in [-0.39, 0.29) is 12.0 Å². The average Bonchev–Trinajstić information content (AvgIpc) is 3.20. The summed E-state index contributed by atoms with van der Waals surface area (Å²) in [5.41, 5.74) is 4.40. The number of fused-ring (bicyclic) bond motifs is 1. The molecule has 6 heteroatoms. The van der Waals surface area contributed by atoms with Crippen molar-refractivity contribution in [2.75, 3.05) is 39.9 Å². The number of hydrogen-bond donors (Lipinski definition) is 2. The van der Waals surface area contributed by atoms with Gasteiger partial charge in [0.15, 0.2) is 0 Å². The molecular weight excluding hydrogens is 414 g/mol. The van der Waals surface area contributed by atoms with E-state index in [1.165, 1.54) is 5.56 Å². The van der Waals surface area contributed by atoms with Gasteiger partial charge in [-0.25, -0.2) is 0 Å². The maximum absolute atomic E-state index is 12.7. The number of nitrogens with one attached hydrogen (secondary N) is 2. The van der Waals surface area contributed by atoms with Gasteiger partial charge < -0.3 is 19.8 Å². The summed E-state index contributed by atoms with van der Waals surface area (Å²) < 4.78 is 11.2. The molecule has 1 fully saturated rings. The Morgan fingerprint density at radius 1 is 1.21 bits per heavy atom. The number of nitrogens with zero attached hydrogens (tertiary/aromatic N) is 1. The van der Waals surface area contributed by atoms with Gasteiger partial charge in [-0.2, -0.15) is 0 Å². The summed E-state index contributed by atoms with van der Waals surface area (Å²) in [6.45, 7) is 8.68. The SMILES string of the molecule is COc1ccc(-c2[nH]c3ccccc3c2CCC(=O)NCC2CN(CC(C)C)CCO2)cc1. The van der Waals surface area contributed by atoms with Crippen molar-refractivity contribution >= 4 is 16.8 Å². The van der Waals surface area contributed by atoms with Crippen molar-refractivity contribution < 1.29 is 14.3 Å². The van der Waals surface area contributed by atoms with Crippen molar-refractivity contribution in [3.05, 3.63) is 54.1 Å². The number of carbonyl (C=O) groups excluding carboxylic acids is 1. The lowest BCUT2D eigenvalue weighted by atomic mass is 10.0. The van der Waals surface area contributed by atoms with Crippen LogP contribution in [0.1, 0.15) is 25.8 Å². The Morgan fingerprint density at radius 3 is 2.76 bits per heavy atom. The summed E-state index contributed by atoms with van der Waals surface area (Å²) in [6.07, 6.45) is 1.17. The van der Waals surface area contributed by atoms with E-state index in [0.717, 1.165) is 54.2 Å². The molecule has 0 saturated carbocycles. The van der Waals surface area contributed by atoms with Crippen molar-refractivity contribution in [2.24, 2.45) is 5.92 Å². The fourth-order valence-electron chi connectivity index (χ4n) is 4.60. The first-order chi connectivity index (χ1) is 16.0. The molecule has 3 aromatic rings. The highest BCUT2D eigenvalue weighted by atomic mass is 16.5. The van der Waals surface area contributed by atoms with Crippen molar-refractivity contribution in [1.82, 2.24) is 15.2 Å². The second kappa shape index (κ2) is 10.9. The summed E-state index contributed by atoms with van der Waals surface area (Å²) in [7, 11) is 1.67. The topological polar surface area (TPSA) is 66.6 Å². The second-order valence-corrected chi connectivity index (χ2v) is 9.20. The summed E-state index contributed by atoms with van der Waals surface area (Å²) in [6, 6.07) is 16.3. The highest BCUT2D eigenvalue weighted by Crippen LogP contribution is 2.32. The third-order valence-corrected chi connectivity index (χ3v) is 6.17. The number of rotatable bonds is 9. The minimum Gasteiger partial charge on any atom is -0.497 e. The number of H-pyrrole nitrogens is 1. The van der Waals surface area contributed by atoms with Crippen molar-refractivity contribution in [3.8, 4) is 17.0 Å². The number of aryl methyl sites for hydroxylation is 1. The van der Waals surface area contributed by atoms with Gasteiger partial charge in [-0.1, -0.05) is 32.0 Å². The van der Waals surface area contributed by atoms with Gasteiger partial charge in [0.1, 0.15) is 5.75 Å². The third kappa shape index (κ3) is 5.95. The number of ether oxygens (including phenoxy) is 2. The minimum absolute atomic E-state index is 0.0596. The summed E-state index contributed by atoms with van der Waals surface area (Å²) in [4.78, 5) is 18.7. The van der Waals surface area contributed by atoms with Crippen LogP contribution in [0, 0.1) is 5.92 Å². The van der Waals surface area contributed by atoms with Gasteiger partial charge in [0.25, 0.3) is 0 Å². The Morgan fingerprint density at radius 2 is 2.00 bits per heavy atom. The maximum atomic E-state index is 12.7. The Labute approximate surface area is 196 Å². The molecule has 176 valence electrons. The third-order valence-electron chi connectivity index (χ3n) is 6.17. The number of methoxy groups -OCH3 is 1. The Kier molecular flexibility index (Phi) is 7.68. The van der Waals surface area contributed by atoms with E-state index in [2.05, 4.69) is 53.3 Å². The van der Waals surface area contributed by atoms with Gasteiger partial charge >= 0.3 is 0 Å². The Bertz CT molecular complexity index is 1060. The van der Waals surface area contributed by atoms with Crippen LogP contribution in [0.4, 0.5) is 0 Å². The van der Waals surface area contributed by atoms with Gasteiger partial charge in [-0.15, -0.1) is 0 Å². The standard InChI is InChI=1S/C27H35N3O3/c1-19(2)17-30-14-15-33-22(18-30)16-28-26(31)13-12-24-23-6-4-5-7-25(23)29-27(24)20-8-10-21(32-3)11-9-20/h4-11,19,22,29H,12-18H2,1-3H3,(H,28,31). The van der Waals surface area contributed by atoms with E-state index in [9.17, 15) is 4.79 Å². The lowest BCUT2D eigenvalue weighted by Gasteiger charge is -2.33. The van der Waals surface area contributed by atoms with Crippen LogP contribution in [0.3, 0.4) is 0 Å². The van der Waals surface area contributed by atoms with Gasteiger partial charge in [0.05, 0.1) is 19.8 Å². The summed E-state index contributed by atoms with van der Waals surface area (Å²) in [5, 5.41) is 4.26. The summed E-state index contributed by atoms with van der Waals surface area (Å²) >= 11 is 0. The Hall–Kier alpha value is -2.83. The molecule has 33 heavy (non-hydrogen) atoms. The zero-order chi connectivity index (χ0) is 23.2. The van der Waals surface area contributed by atoms with E-state index >= 15 is 0 Å². The molecule has 6 nitrogen and oxygen atoms in total. The molecular formula is C27H35N3O3. The molecule has 4 rings (SSSR count). The fourth-order valence-corrected chi connectivity index (χ4v) is 4.60. The van der Waals surface area contributed by atoms with Crippen LogP contribution in [0.5, 0.6) is 5.75 Å². The zero-order valence-corrected chi connectivity index (χ0v) is 19.9. The van der Waals surface area contributed by atoms with Crippen LogP contribution >= 0.6 is 0 Å². The van der Waals surface area contributed by atoms with Crippen LogP contribution < -0.4 is 10.1 Å². The molecule has 0 radical (unpaired) electrons. The van der Waals surface area contributed by atoms with Gasteiger partial charge in [-0.3, -0.25) is 9.69 Å². The first-order valence-corrected chi connectivity index (χ1v) is 11.9. The van der Waals surface area contributed by atoms with Crippen LogP contribution in [-0.2, 0) is 16.0 Å². The van der Waals surface area contributed by atoms with Crippen LogP contribution in [0.15, 0.2) is 48.5 Å². The summed E-state index contributed by atoms with van der Waals surface area (Å²) in [5.74, 6) is 1.52. The van der Waals surface area contributed by atoms with Crippen LogP contribution in [0.2, 0.25) is 0 Å². The lowest BCUT2D eigenvalue weighted by molar-refractivity contribution is -0.122. The largest absolute Gasteiger partial charge is 0.497 e. The van der Waals surface area contributed by atoms with Crippen LogP contribution in [0.25, 0.3) is 22.2 Å². The molecule has 1 unspecified atom stereocenters. The number of hydrogen-bond acceptors (Lipinski definition) is 4. The minimum atomic E-state index is 0.0596. The van der Waals surface area contributed by atoms with E-state index in [0.29, 0.717) is 25.3 Å². The van der Waals surface area contributed by atoms with Crippen molar-refractivity contribution in [3.63, 3.8) is 0 Å². The van der Waals surface area contributed by atoms with Gasteiger partial charge in [0.2, 0.25) is 5.91 Å². The predicted molar refractivity (Wildman–Crippen MR) is 133 cm³/mol. The maximum Gasteiger partial charge on any atom is 0.220 e. The molecule has 1 aliphatic rings. The average molecular weight is 450 g/mol. The molecule has 2 heterocycles. The van der Waals surface area contributed by atoms with E-state index in [1.54, 1.807) is 7.11 Å². The van der Waals surface area contributed by atoms with Gasteiger partial charge in [-0.05, 0) is 53.8 Å². The van der Waals surface area contributed by atoms with Crippen LogP contribution in [-0.4, -0.2) is 61.8 Å². The zero-order valence-electron chi connectivity index (χ0n) is 19.9. The molecule has 1 atom stereocenters. The number of aromatic nitrogens is 1. The molecule has 2 N–H and O–H groups in total. The molecule has 1 aliphatic heterocycles. The first-order valence-electron chi connectivity index (χ1n) is 11.9. The highest BCUT2D eigenvalue weighted by molar-refractivity contribution is 5.91. The number of carbonyl (C=O) groups is 1. The number of amides is 1. The lowest BCUT2D eigenvalue weighted by Crippen LogP contribution is -2.48. The number of para-hydroxylation sites is 1. The van der Waals surface area contributed by atoms with E-state index < -0.39 is 0 Å². The molecule has 0 aliphatic carbocycles. The van der Waals surface area contributed by atoms with Crippen molar-refractivity contribution in [1.29, 1.82) is 0 Å². The van der Waals surface area contributed by atoms with Crippen molar-refractivity contribution in [2.45, 2.75) is 32.8 Å². The monoisotopic (exact) mass is 449 g/mol. The van der Waals surface area contributed by atoms with E-state index in [4.69, 9.17) is 9.47 Å². The smallest absolute Gasteiger partial charge is 0.220 e. The predicted octanol–water partition coefficient (Wildman–Crippen LogP) is 4.25. The number of aromatic amines is 1. The molecule has 2 aromatic carbocycles. The van der Waals surface area contributed by atoms with E-state index in [1.807, 2.05) is 24.3 Å². The van der Waals surface area contributed by atoms with Gasteiger partial charge in [0, 0.05) is 49.2 Å². The Balaban J connectivity index is 1.40. The molecule has 0 spiro atoms. The molecule has 1 amide bonds. The molecule has 0 bridgehead atoms. The quantitative estimate of drug-likeness (QED) is 0.513. The fraction of sp³-hybridized carbons (Fsp3) is 0.444. The molecule has 1 aromatic heterocycles. The molecule has 1 saturated heterocycles. The number of morpholine rings is 1. The first kappa shape index (κ1) is 23.3. The second-order valence-electron chi connectivity index (χ2n) is 9.20. The number of benzene rings is 2.